The monoisotopic (exact) mass is 416 g/mol. The zero-order valence-electron chi connectivity index (χ0n) is 11.6. The van der Waals surface area contributed by atoms with E-state index in [-0.39, 0.29) is 4.90 Å². The Morgan fingerprint density at radius 2 is 1.81 bits per heavy atom. The Morgan fingerprint density at radius 3 is 2.48 bits per heavy atom. The van der Waals surface area contributed by atoms with Gasteiger partial charge in [0, 0.05) is 15.8 Å². The molecule has 0 spiro atoms. The van der Waals surface area contributed by atoms with E-state index in [1.165, 1.54) is 0 Å². The molecule has 112 valence electrons. The van der Waals surface area contributed by atoms with Gasteiger partial charge >= 0.3 is 0 Å². The van der Waals surface area contributed by atoms with E-state index in [0.29, 0.717) is 12.2 Å². The summed E-state index contributed by atoms with van der Waals surface area (Å²) in [5.74, 6) is 0. The summed E-state index contributed by atoms with van der Waals surface area (Å²) in [5.41, 5.74) is 1.51. The van der Waals surface area contributed by atoms with E-state index in [1.54, 1.807) is 30.3 Å². The smallest absolute Gasteiger partial charge is 0.261 e. The van der Waals surface area contributed by atoms with Gasteiger partial charge in [0.05, 0.1) is 4.90 Å². The summed E-state index contributed by atoms with van der Waals surface area (Å²) in [7, 11) is -3.55. The number of hydrogen-bond acceptors (Lipinski definition) is 3. The summed E-state index contributed by atoms with van der Waals surface area (Å²) in [5, 5.41) is 3.18. The topological polar surface area (TPSA) is 58.2 Å². The molecule has 0 saturated heterocycles. The lowest BCUT2D eigenvalue weighted by Crippen LogP contribution is -2.15. The Kier molecular flexibility index (Phi) is 5.60. The molecule has 0 amide bonds. The first-order valence-corrected chi connectivity index (χ1v) is 9.15. The molecule has 2 N–H and O–H groups in total. The van der Waals surface area contributed by atoms with Crippen molar-refractivity contribution in [3.05, 3.63) is 57.7 Å². The summed E-state index contributed by atoms with van der Waals surface area (Å²) in [4.78, 5) is 0.274. The molecule has 0 aliphatic rings. The minimum atomic E-state index is -3.55. The quantitative estimate of drug-likeness (QED) is 0.712. The molecule has 2 rings (SSSR count). The highest BCUT2D eigenvalue weighted by atomic mass is 127. The third-order valence-electron chi connectivity index (χ3n) is 2.88. The van der Waals surface area contributed by atoms with E-state index in [4.69, 9.17) is 0 Å². The van der Waals surface area contributed by atoms with Gasteiger partial charge in [0.25, 0.3) is 10.0 Å². The van der Waals surface area contributed by atoms with Crippen LogP contribution < -0.4 is 10.0 Å². The molecular weight excluding hydrogens is 399 g/mol. The van der Waals surface area contributed by atoms with Gasteiger partial charge in [-0.05, 0) is 71.1 Å². The molecule has 0 radical (unpaired) electrons. The molecule has 0 bridgehead atoms. The Balaban J connectivity index is 2.20. The number of hydrogen-bond donors (Lipinski definition) is 2. The van der Waals surface area contributed by atoms with Crippen LogP contribution in [-0.4, -0.2) is 15.0 Å². The van der Waals surface area contributed by atoms with Crippen molar-refractivity contribution in [1.82, 2.24) is 5.32 Å². The Bertz CT molecular complexity index is 700. The Hall–Kier alpha value is -1.12. The average molecular weight is 416 g/mol. The highest BCUT2D eigenvalue weighted by molar-refractivity contribution is 14.1. The standard InChI is InChI=1S/C15H17IN2O2S/c1-2-17-11-12-4-3-5-15(10-12)21(19,20)18-14-8-6-13(16)7-9-14/h3-10,17-18H,2,11H2,1H3. The SMILES string of the molecule is CCNCc1cccc(S(=O)(=O)Nc2ccc(I)cc2)c1. The van der Waals surface area contributed by atoms with Gasteiger partial charge in [0.15, 0.2) is 0 Å². The first-order valence-electron chi connectivity index (χ1n) is 6.59. The fourth-order valence-electron chi connectivity index (χ4n) is 1.82. The van der Waals surface area contributed by atoms with Crippen molar-refractivity contribution in [2.75, 3.05) is 11.3 Å². The van der Waals surface area contributed by atoms with Crippen molar-refractivity contribution in [1.29, 1.82) is 0 Å². The van der Waals surface area contributed by atoms with E-state index in [0.717, 1.165) is 15.7 Å². The Labute approximate surface area is 139 Å². The van der Waals surface area contributed by atoms with Gasteiger partial charge in [0.1, 0.15) is 0 Å². The predicted octanol–water partition coefficient (Wildman–Crippen LogP) is 3.20. The normalized spacial score (nSPS) is 11.3. The molecule has 2 aromatic rings. The highest BCUT2D eigenvalue weighted by Crippen LogP contribution is 2.18. The van der Waals surface area contributed by atoms with Gasteiger partial charge in [-0.2, -0.15) is 0 Å². The van der Waals surface area contributed by atoms with Crippen LogP contribution in [0.15, 0.2) is 53.4 Å². The van der Waals surface area contributed by atoms with E-state index in [9.17, 15) is 8.42 Å². The van der Waals surface area contributed by atoms with E-state index in [1.807, 2.05) is 25.1 Å². The van der Waals surface area contributed by atoms with Crippen LogP contribution in [-0.2, 0) is 16.6 Å². The van der Waals surface area contributed by atoms with E-state index in [2.05, 4.69) is 32.6 Å². The molecule has 0 aromatic heterocycles. The van der Waals surface area contributed by atoms with E-state index < -0.39 is 10.0 Å². The lowest BCUT2D eigenvalue weighted by atomic mass is 10.2. The minimum Gasteiger partial charge on any atom is -0.313 e. The number of rotatable bonds is 6. The van der Waals surface area contributed by atoms with Gasteiger partial charge in [-0.25, -0.2) is 8.42 Å². The maximum absolute atomic E-state index is 12.4. The Morgan fingerprint density at radius 1 is 1.10 bits per heavy atom. The van der Waals surface area contributed by atoms with Crippen molar-refractivity contribution in [2.24, 2.45) is 0 Å². The van der Waals surface area contributed by atoms with Crippen molar-refractivity contribution in [3.63, 3.8) is 0 Å². The summed E-state index contributed by atoms with van der Waals surface area (Å²) in [6.07, 6.45) is 0. The van der Waals surface area contributed by atoms with Gasteiger partial charge in [0.2, 0.25) is 0 Å². The highest BCUT2D eigenvalue weighted by Gasteiger charge is 2.14. The summed E-state index contributed by atoms with van der Waals surface area (Å²) in [6, 6.07) is 14.2. The summed E-state index contributed by atoms with van der Waals surface area (Å²) < 4.78 is 28.4. The van der Waals surface area contributed by atoms with E-state index >= 15 is 0 Å². The second-order valence-corrected chi connectivity index (χ2v) is 7.47. The average Bonchev–Trinajstić information content (AvgIpc) is 2.48. The number of benzene rings is 2. The fraction of sp³-hybridized carbons (Fsp3) is 0.200. The zero-order valence-corrected chi connectivity index (χ0v) is 14.6. The molecular formula is C15H17IN2O2S. The third kappa shape index (κ3) is 4.69. The molecule has 0 fully saturated rings. The lowest BCUT2D eigenvalue weighted by molar-refractivity contribution is 0.601. The predicted molar refractivity (Wildman–Crippen MR) is 93.8 cm³/mol. The molecule has 4 nitrogen and oxygen atoms in total. The molecule has 6 heteroatoms. The summed E-state index contributed by atoms with van der Waals surface area (Å²) >= 11 is 2.18. The largest absolute Gasteiger partial charge is 0.313 e. The van der Waals surface area contributed by atoms with Crippen LogP contribution in [0, 0.1) is 3.57 Å². The van der Waals surface area contributed by atoms with Gasteiger partial charge in [-0.1, -0.05) is 19.1 Å². The number of nitrogens with one attached hydrogen (secondary N) is 2. The number of anilines is 1. The molecule has 21 heavy (non-hydrogen) atoms. The lowest BCUT2D eigenvalue weighted by Gasteiger charge is -2.10. The molecule has 2 aromatic carbocycles. The molecule has 0 aliphatic carbocycles. The maximum atomic E-state index is 12.4. The van der Waals surface area contributed by atoms with Crippen LogP contribution in [0.4, 0.5) is 5.69 Å². The van der Waals surface area contributed by atoms with Crippen molar-refractivity contribution in [3.8, 4) is 0 Å². The second kappa shape index (κ2) is 7.24. The zero-order chi connectivity index (χ0) is 15.3. The van der Waals surface area contributed by atoms with Gasteiger partial charge in [-0.15, -0.1) is 0 Å². The third-order valence-corrected chi connectivity index (χ3v) is 4.98. The van der Waals surface area contributed by atoms with Gasteiger partial charge < -0.3 is 5.32 Å². The number of sulfonamides is 1. The number of halogens is 1. The fourth-order valence-corrected chi connectivity index (χ4v) is 3.31. The van der Waals surface area contributed by atoms with Crippen LogP contribution >= 0.6 is 22.6 Å². The minimum absolute atomic E-state index is 0.274. The van der Waals surface area contributed by atoms with Crippen LogP contribution in [0.5, 0.6) is 0 Å². The van der Waals surface area contributed by atoms with Crippen molar-refractivity contribution < 1.29 is 8.42 Å². The van der Waals surface area contributed by atoms with Crippen LogP contribution in [0.2, 0.25) is 0 Å². The first kappa shape index (κ1) is 16.3. The first-order chi connectivity index (χ1) is 10.0. The molecule has 0 atom stereocenters. The molecule has 0 aliphatic heterocycles. The van der Waals surface area contributed by atoms with Gasteiger partial charge in [-0.3, -0.25) is 4.72 Å². The molecule has 0 unspecified atom stereocenters. The van der Waals surface area contributed by atoms with Crippen LogP contribution in [0.25, 0.3) is 0 Å². The molecule has 0 saturated carbocycles. The van der Waals surface area contributed by atoms with Crippen molar-refractivity contribution >= 4 is 38.3 Å². The summed E-state index contributed by atoms with van der Waals surface area (Å²) in [6.45, 7) is 3.51. The van der Waals surface area contributed by atoms with Crippen LogP contribution in [0.1, 0.15) is 12.5 Å². The van der Waals surface area contributed by atoms with Crippen molar-refractivity contribution in [2.45, 2.75) is 18.4 Å². The molecule has 0 heterocycles. The maximum Gasteiger partial charge on any atom is 0.261 e. The van der Waals surface area contributed by atoms with Crippen LogP contribution in [0.3, 0.4) is 0 Å². The second-order valence-electron chi connectivity index (χ2n) is 4.54.